The molecule has 0 unspecified atom stereocenters. The SMILES string of the molecule is COC(=O)CCCCCNC(=O)/C=C/c1ccccc1. The van der Waals surface area contributed by atoms with Gasteiger partial charge in [0, 0.05) is 19.0 Å². The minimum atomic E-state index is -0.181. The van der Waals surface area contributed by atoms with Gasteiger partial charge in [0.15, 0.2) is 0 Å². The van der Waals surface area contributed by atoms with Crippen molar-refractivity contribution in [1.82, 2.24) is 5.32 Å². The van der Waals surface area contributed by atoms with Crippen molar-refractivity contribution < 1.29 is 14.3 Å². The topological polar surface area (TPSA) is 55.4 Å². The molecule has 4 nitrogen and oxygen atoms in total. The molecular weight excluding hydrogens is 254 g/mol. The molecule has 0 saturated carbocycles. The van der Waals surface area contributed by atoms with Crippen molar-refractivity contribution in [3.63, 3.8) is 0 Å². The van der Waals surface area contributed by atoms with Crippen LogP contribution in [0.5, 0.6) is 0 Å². The van der Waals surface area contributed by atoms with Crippen molar-refractivity contribution in [1.29, 1.82) is 0 Å². The highest BCUT2D eigenvalue weighted by Gasteiger charge is 1.99. The molecule has 0 saturated heterocycles. The molecule has 0 aliphatic carbocycles. The van der Waals surface area contributed by atoms with Crippen LogP contribution >= 0.6 is 0 Å². The Morgan fingerprint density at radius 3 is 2.60 bits per heavy atom. The van der Waals surface area contributed by atoms with Gasteiger partial charge in [0.05, 0.1) is 7.11 Å². The smallest absolute Gasteiger partial charge is 0.305 e. The van der Waals surface area contributed by atoms with Gasteiger partial charge >= 0.3 is 5.97 Å². The molecule has 1 amide bonds. The van der Waals surface area contributed by atoms with Gasteiger partial charge in [-0.15, -0.1) is 0 Å². The van der Waals surface area contributed by atoms with Crippen molar-refractivity contribution in [2.24, 2.45) is 0 Å². The maximum atomic E-state index is 11.5. The number of unbranched alkanes of at least 4 members (excludes halogenated alkanes) is 2. The van der Waals surface area contributed by atoms with Crippen LogP contribution in [0.25, 0.3) is 6.08 Å². The first-order valence-corrected chi connectivity index (χ1v) is 6.80. The van der Waals surface area contributed by atoms with Crippen LogP contribution in [0, 0.1) is 0 Å². The number of benzene rings is 1. The predicted octanol–water partition coefficient (Wildman–Crippen LogP) is 2.55. The van der Waals surface area contributed by atoms with E-state index in [9.17, 15) is 9.59 Å². The van der Waals surface area contributed by atoms with Gasteiger partial charge in [-0.25, -0.2) is 0 Å². The Balaban J connectivity index is 2.09. The van der Waals surface area contributed by atoms with Crippen LogP contribution in [0.4, 0.5) is 0 Å². The monoisotopic (exact) mass is 275 g/mol. The van der Waals surface area contributed by atoms with Crippen LogP contribution in [0.1, 0.15) is 31.2 Å². The van der Waals surface area contributed by atoms with Gasteiger partial charge in [-0.3, -0.25) is 9.59 Å². The minimum Gasteiger partial charge on any atom is -0.469 e. The van der Waals surface area contributed by atoms with Gasteiger partial charge in [0.25, 0.3) is 0 Å². The van der Waals surface area contributed by atoms with Gasteiger partial charge in [-0.05, 0) is 24.5 Å². The van der Waals surface area contributed by atoms with Crippen molar-refractivity contribution in [3.05, 3.63) is 42.0 Å². The second kappa shape index (κ2) is 9.78. The number of carbonyl (C=O) groups excluding carboxylic acids is 2. The molecule has 0 aliphatic heterocycles. The summed E-state index contributed by atoms with van der Waals surface area (Å²) in [6.07, 6.45) is 6.32. The molecule has 108 valence electrons. The first kappa shape index (κ1) is 16.0. The van der Waals surface area contributed by atoms with Crippen molar-refractivity contribution in [2.45, 2.75) is 25.7 Å². The minimum absolute atomic E-state index is 0.0955. The lowest BCUT2D eigenvalue weighted by molar-refractivity contribution is -0.140. The summed E-state index contributed by atoms with van der Waals surface area (Å²) in [5.41, 5.74) is 1.00. The van der Waals surface area contributed by atoms with E-state index in [-0.39, 0.29) is 11.9 Å². The normalized spacial score (nSPS) is 10.4. The zero-order chi connectivity index (χ0) is 14.6. The Kier molecular flexibility index (Phi) is 7.80. The van der Waals surface area contributed by atoms with Gasteiger partial charge < -0.3 is 10.1 Å². The summed E-state index contributed by atoms with van der Waals surface area (Å²) in [6, 6.07) is 9.68. The fourth-order valence-electron chi connectivity index (χ4n) is 1.68. The highest BCUT2D eigenvalue weighted by Crippen LogP contribution is 2.01. The summed E-state index contributed by atoms with van der Waals surface area (Å²) in [7, 11) is 1.39. The highest BCUT2D eigenvalue weighted by molar-refractivity contribution is 5.91. The molecule has 4 heteroatoms. The van der Waals surface area contributed by atoms with Crippen molar-refractivity contribution in [2.75, 3.05) is 13.7 Å². The second-order valence-electron chi connectivity index (χ2n) is 4.42. The van der Waals surface area contributed by atoms with Gasteiger partial charge in [0.2, 0.25) is 5.91 Å². The lowest BCUT2D eigenvalue weighted by Gasteiger charge is -2.02. The fraction of sp³-hybridized carbons (Fsp3) is 0.375. The first-order valence-electron chi connectivity index (χ1n) is 6.80. The second-order valence-corrected chi connectivity index (χ2v) is 4.42. The average molecular weight is 275 g/mol. The average Bonchev–Trinajstić information content (AvgIpc) is 2.49. The number of nitrogens with one attached hydrogen (secondary N) is 1. The molecule has 0 fully saturated rings. The van der Waals surface area contributed by atoms with Crippen LogP contribution in [-0.4, -0.2) is 25.5 Å². The van der Waals surface area contributed by atoms with E-state index in [2.05, 4.69) is 10.1 Å². The molecule has 0 aliphatic rings. The Morgan fingerprint density at radius 1 is 1.15 bits per heavy atom. The number of methoxy groups -OCH3 is 1. The predicted molar refractivity (Wildman–Crippen MR) is 79.0 cm³/mol. The lowest BCUT2D eigenvalue weighted by Crippen LogP contribution is -2.22. The molecule has 1 aromatic carbocycles. The number of carbonyl (C=O) groups is 2. The molecule has 0 spiro atoms. The summed E-state index contributed by atoms with van der Waals surface area (Å²) in [6.45, 7) is 0.624. The van der Waals surface area contributed by atoms with Crippen LogP contribution in [0.2, 0.25) is 0 Å². The van der Waals surface area contributed by atoms with Gasteiger partial charge in [-0.1, -0.05) is 36.8 Å². The quantitative estimate of drug-likeness (QED) is 0.450. The highest BCUT2D eigenvalue weighted by atomic mass is 16.5. The summed E-state index contributed by atoms with van der Waals surface area (Å²) in [4.78, 5) is 22.4. The molecule has 0 atom stereocenters. The number of hydrogen-bond donors (Lipinski definition) is 1. The molecule has 20 heavy (non-hydrogen) atoms. The lowest BCUT2D eigenvalue weighted by atomic mass is 10.2. The third-order valence-corrected chi connectivity index (χ3v) is 2.81. The Hall–Kier alpha value is -2.10. The molecule has 0 aromatic heterocycles. The largest absolute Gasteiger partial charge is 0.469 e. The van der Waals surface area contributed by atoms with E-state index < -0.39 is 0 Å². The maximum Gasteiger partial charge on any atom is 0.305 e. The van der Waals surface area contributed by atoms with Crippen molar-refractivity contribution >= 4 is 18.0 Å². The van der Waals surface area contributed by atoms with Crippen LogP contribution < -0.4 is 5.32 Å². The summed E-state index contributed by atoms with van der Waals surface area (Å²) in [5.74, 6) is -0.276. The van der Waals surface area contributed by atoms with Crippen LogP contribution in [-0.2, 0) is 14.3 Å². The van der Waals surface area contributed by atoms with E-state index in [4.69, 9.17) is 0 Å². The summed E-state index contributed by atoms with van der Waals surface area (Å²) >= 11 is 0. The van der Waals surface area contributed by atoms with Gasteiger partial charge in [-0.2, -0.15) is 0 Å². The van der Waals surface area contributed by atoms with E-state index in [0.29, 0.717) is 13.0 Å². The van der Waals surface area contributed by atoms with Crippen molar-refractivity contribution in [3.8, 4) is 0 Å². The molecular formula is C16H21NO3. The maximum absolute atomic E-state index is 11.5. The molecule has 0 heterocycles. The third-order valence-electron chi connectivity index (χ3n) is 2.81. The summed E-state index contributed by atoms with van der Waals surface area (Å²) < 4.78 is 4.55. The molecule has 1 rings (SSSR count). The number of amides is 1. The number of hydrogen-bond acceptors (Lipinski definition) is 3. The van der Waals surface area contributed by atoms with E-state index in [1.807, 2.05) is 30.3 Å². The van der Waals surface area contributed by atoms with Crippen LogP contribution in [0.15, 0.2) is 36.4 Å². The Labute approximate surface area is 119 Å². The Bertz CT molecular complexity index is 440. The fourth-order valence-corrected chi connectivity index (χ4v) is 1.68. The number of esters is 1. The van der Waals surface area contributed by atoms with E-state index in [1.165, 1.54) is 13.2 Å². The van der Waals surface area contributed by atoms with E-state index >= 15 is 0 Å². The molecule has 1 aromatic rings. The zero-order valence-electron chi connectivity index (χ0n) is 11.8. The molecule has 0 bridgehead atoms. The standard InChI is InChI=1S/C16H21NO3/c1-20-16(19)10-6-3-7-13-17-15(18)12-11-14-8-4-2-5-9-14/h2,4-5,8-9,11-12H,3,6-7,10,13H2,1H3,(H,17,18)/b12-11+. The molecule has 1 N–H and O–H groups in total. The zero-order valence-corrected chi connectivity index (χ0v) is 11.8. The molecule has 0 radical (unpaired) electrons. The number of rotatable bonds is 8. The van der Waals surface area contributed by atoms with Crippen LogP contribution in [0.3, 0.4) is 0 Å². The summed E-state index contributed by atoms with van der Waals surface area (Å²) in [5, 5.41) is 2.81. The Morgan fingerprint density at radius 2 is 1.90 bits per heavy atom. The van der Waals surface area contributed by atoms with E-state index in [0.717, 1.165) is 24.8 Å². The van der Waals surface area contributed by atoms with Gasteiger partial charge in [0.1, 0.15) is 0 Å². The third kappa shape index (κ3) is 7.36. The van der Waals surface area contributed by atoms with E-state index in [1.54, 1.807) is 6.08 Å². The number of ether oxygens (including phenoxy) is 1. The first-order chi connectivity index (χ1) is 9.72.